The van der Waals surface area contributed by atoms with Crippen LogP contribution in [0.4, 0.5) is 0 Å². The summed E-state index contributed by atoms with van der Waals surface area (Å²) in [6, 6.07) is 0. The first kappa shape index (κ1) is 12.9. The van der Waals surface area contributed by atoms with Gasteiger partial charge in [-0.3, -0.25) is 4.99 Å². The topological polar surface area (TPSA) is 27.6 Å². The van der Waals surface area contributed by atoms with Crippen LogP contribution in [0.25, 0.3) is 0 Å². The van der Waals surface area contributed by atoms with E-state index in [1.165, 1.54) is 6.42 Å². The van der Waals surface area contributed by atoms with Crippen molar-refractivity contribution in [3.63, 3.8) is 0 Å². The van der Waals surface area contributed by atoms with Gasteiger partial charge in [0.25, 0.3) is 0 Å². The van der Waals surface area contributed by atoms with Crippen molar-refractivity contribution in [2.75, 3.05) is 33.2 Å². The number of hydrogen-bond acceptors (Lipinski definition) is 2. The van der Waals surface area contributed by atoms with Crippen molar-refractivity contribution < 1.29 is 0 Å². The van der Waals surface area contributed by atoms with E-state index in [0.29, 0.717) is 0 Å². The summed E-state index contributed by atoms with van der Waals surface area (Å²) >= 11 is 0. The van der Waals surface area contributed by atoms with E-state index in [1.807, 2.05) is 13.1 Å². The Kier molecular flexibility index (Phi) is 7.84. The molecule has 0 unspecified atom stereocenters. The molecule has 1 fully saturated rings. The lowest BCUT2D eigenvalue weighted by Gasteiger charge is -2.21. The van der Waals surface area contributed by atoms with Crippen molar-refractivity contribution in [3.05, 3.63) is 25.8 Å². The molecule has 1 aliphatic heterocycles. The second-order valence-electron chi connectivity index (χ2n) is 2.88. The number of nitrogens with one attached hydrogen (secondary N) is 1. The van der Waals surface area contributed by atoms with Crippen LogP contribution in [0.15, 0.2) is 30.8 Å². The number of nitrogens with zero attached hydrogens (tertiary/aromatic N) is 2. The molecule has 1 aliphatic rings. The Bertz CT molecular complexity index is 179. The minimum absolute atomic E-state index is 1.01. The van der Waals surface area contributed by atoms with Gasteiger partial charge in [-0.15, -0.1) is 13.2 Å². The third-order valence-electron chi connectivity index (χ3n) is 2.08. The maximum absolute atomic E-state index is 4.17. The average molecular weight is 195 g/mol. The van der Waals surface area contributed by atoms with E-state index < -0.39 is 0 Å². The Hall–Kier alpha value is -1.09. The number of hydrogen-bond donors (Lipinski definition) is 1. The highest BCUT2D eigenvalue weighted by Crippen LogP contribution is 1.97. The minimum atomic E-state index is 1.01. The van der Waals surface area contributed by atoms with E-state index in [9.17, 15) is 0 Å². The van der Waals surface area contributed by atoms with Crippen LogP contribution >= 0.6 is 0 Å². The molecule has 3 nitrogen and oxygen atoms in total. The van der Waals surface area contributed by atoms with Crippen molar-refractivity contribution >= 4 is 5.84 Å². The molecule has 1 N–H and O–H groups in total. The first-order chi connectivity index (χ1) is 6.88. The lowest BCUT2D eigenvalue weighted by Crippen LogP contribution is -2.32. The van der Waals surface area contributed by atoms with Gasteiger partial charge in [0.2, 0.25) is 0 Å². The maximum Gasteiger partial charge on any atom is 0.122 e. The van der Waals surface area contributed by atoms with Gasteiger partial charge in [0.15, 0.2) is 0 Å². The highest BCUT2D eigenvalue weighted by molar-refractivity contribution is 5.92. The van der Waals surface area contributed by atoms with E-state index in [2.05, 4.69) is 34.9 Å². The molecule has 80 valence electrons. The summed E-state index contributed by atoms with van der Waals surface area (Å²) < 4.78 is 0. The van der Waals surface area contributed by atoms with Crippen molar-refractivity contribution in [1.29, 1.82) is 0 Å². The van der Waals surface area contributed by atoms with Gasteiger partial charge in [-0.05, 0) is 19.0 Å². The molecule has 1 rings (SSSR count). The van der Waals surface area contributed by atoms with Crippen LogP contribution in [-0.4, -0.2) is 44.0 Å². The van der Waals surface area contributed by atoms with Crippen LogP contribution < -0.4 is 5.32 Å². The Morgan fingerprint density at radius 3 is 2.64 bits per heavy atom. The van der Waals surface area contributed by atoms with Gasteiger partial charge in [0.05, 0.1) is 0 Å². The molecule has 14 heavy (non-hydrogen) atoms. The smallest absolute Gasteiger partial charge is 0.122 e. The Morgan fingerprint density at radius 1 is 1.36 bits per heavy atom. The van der Waals surface area contributed by atoms with Gasteiger partial charge >= 0.3 is 0 Å². The second-order valence-corrected chi connectivity index (χ2v) is 2.88. The molecule has 0 bridgehead atoms. The van der Waals surface area contributed by atoms with E-state index in [4.69, 9.17) is 0 Å². The zero-order chi connectivity index (χ0) is 10.8. The third-order valence-corrected chi connectivity index (χ3v) is 2.08. The molecule has 0 atom stereocenters. The van der Waals surface area contributed by atoms with Crippen molar-refractivity contribution in [2.24, 2.45) is 4.99 Å². The van der Waals surface area contributed by atoms with Crippen molar-refractivity contribution in [2.45, 2.75) is 6.42 Å². The van der Waals surface area contributed by atoms with Gasteiger partial charge in [0, 0.05) is 26.7 Å². The quantitative estimate of drug-likeness (QED) is 0.388. The van der Waals surface area contributed by atoms with Crippen LogP contribution in [0.3, 0.4) is 0 Å². The number of amidine groups is 1. The molecule has 1 heterocycles. The highest BCUT2D eigenvalue weighted by Gasteiger charge is 2.09. The maximum atomic E-state index is 4.17. The zero-order valence-electron chi connectivity index (χ0n) is 9.13. The third kappa shape index (κ3) is 4.23. The Labute approximate surface area is 87.2 Å². The summed E-state index contributed by atoms with van der Waals surface area (Å²) in [5, 5.41) is 3.35. The fraction of sp³-hybridized carbons (Fsp3) is 0.545. The van der Waals surface area contributed by atoms with E-state index in [1.54, 1.807) is 0 Å². The fourth-order valence-corrected chi connectivity index (χ4v) is 1.44. The lowest BCUT2D eigenvalue weighted by atomic mass is 10.3. The van der Waals surface area contributed by atoms with Crippen LogP contribution in [0.1, 0.15) is 6.42 Å². The van der Waals surface area contributed by atoms with Gasteiger partial charge in [-0.1, -0.05) is 6.58 Å². The number of aliphatic imine (C=N–C) groups is 1. The molecule has 0 aromatic heterocycles. The summed E-state index contributed by atoms with van der Waals surface area (Å²) in [6.45, 7) is 14.0. The molecule has 0 saturated carbocycles. The van der Waals surface area contributed by atoms with Gasteiger partial charge in [-0.25, -0.2) is 0 Å². The fourth-order valence-electron chi connectivity index (χ4n) is 1.44. The molecule has 0 radical (unpaired) electrons. The van der Waals surface area contributed by atoms with Crippen molar-refractivity contribution in [3.8, 4) is 0 Å². The van der Waals surface area contributed by atoms with E-state index in [0.717, 1.165) is 32.0 Å². The molecular weight excluding hydrogens is 174 g/mol. The van der Waals surface area contributed by atoms with Crippen molar-refractivity contribution in [1.82, 2.24) is 10.2 Å². The minimum Gasteiger partial charge on any atom is -0.356 e. The van der Waals surface area contributed by atoms with E-state index in [-0.39, 0.29) is 0 Å². The lowest BCUT2D eigenvalue weighted by molar-refractivity contribution is 0.448. The molecule has 0 amide bonds. The van der Waals surface area contributed by atoms with Crippen LogP contribution in [0, 0.1) is 0 Å². The largest absolute Gasteiger partial charge is 0.356 e. The van der Waals surface area contributed by atoms with Gasteiger partial charge in [0.1, 0.15) is 5.84 Å². The predicted octanol–water partition coefficient (Wildman–Crippen LogP) is 1.30. The summed E-state index contributed by atoms with van der Waals surface area (Å²) in [6.07, 6.45) is 3.01. The summed E-state index contributed by atoms with van der Waals surface area (Å²) in [5.74, 6) is 1.01. The summed E-state index contributed by atoms with van der Waals surface area (Å²) in [4.78, 5) is 6.44. The van der Waals surface area contributed by atoms with Gasteiger partial charge in [-0.2, -0.15) is 0 Å². The molecule has 0 aromatic carbocycles. The molecular formula is C11H21N3. The summed E-state index contributed by atoms with van der Waals surface area (Å²) in [5.41, 5.74) is 0. The monoisotopic (exact) mass is 195 g/mol. The zero-order valence-corrected chi connectivity index (χ0v) is 9.13. The van der Waals surface area contributed by atoms with E-state index >= 15 is 0 Å². The SMILES string of the molecule is C=C.C=CC(=NC)N1CCCNCC1. The first-order valence-electron chi connectivity index (χ1n) is 4.93. The second kappa shape index (κ2) is 8.51. The molecule has 0 spiro atoms. The Morgan fingerprint density at radius 2 is 2.07 bits per heavy atom. The van der Waals surface area contributed by atoms with Crippen LogP contribution in [0.5, 0.6) is 0 Å². The molecule has 3 heteroatoms. The molecule has 0 aliphatic carbocycles. The number of rotatable bonds is 1. The Balaban J connectivity index is 0.000000791. The first-order valence-corrected chi connectivity index (χ1v) is 4.93. The van der Waals surface area contributed by atoms with Crippen LogP contribution in [0.2, 0.25) is 0 Å². The standard InChI is InChI=1S/C9H17N3.C2H4/c1-3-9(10-2)12-7-4-5-11-6-8-12;1-2/h3,11H,1,4-8H2,2H3;1-2H2. The average Bonchev–Trinajstić information content (AvgIpc) is 2.52. The highest BCUT2D eigenvalue weighted by atomic mass is 15.2. The molecule has 1 saturated heterocycles. The molecule has 0 aromatic rings. The van der Waals surface area contributed by atoms with Gasteiger partial charge < -0.3 is 10.2 Å². The van der Waals surface area contributed by atoms with Crippen LogP contribution in [-0.2, 0) is 0 Å². The predicted molar refractivity (Wildman–Crippen MR) is 63.9 cm³/mol. The normalized spacial score (nSPS) is 17.8. The summed E-state index contributed by atoms with van der Waals surface area (Å²) in [7, 11) is 1.81.